The van der Waals surface area contributed by atoms with E-state index in [9.17, 15) is 9.18 Å². The van der Waals surface area contributed by atoms with E-state index in [1.165, 1.54) is 12.1 Å². The standard InChI is InChI=1S/C23H20FNO3/c24-17-11-9-16(10-12-17)15-28-22-8-4-2-6-19(22)23(26)25-20-13-14-27-21-7-3-1-5-18(20)21/h1-12,20H,13-15H2,(H,25,26)/t20-/m1/s1. The molecule has 4 rings (SSSR count). The third-order valence-electron chi connectivity index (χ3n) is 4.70. The zero-order valence-electron chi connectivity index (χ0n) is 15.2. The van der Waals surface area contributed by atoms with E-state index in [1.54, 1.807) is 30.3 Å². The van der Waals surface area contributed by atoms with Crippen LogP contribution in [-0.2, 0) is 6.61 Å². The third-order valence-corrected chi connectivity index (χ3v) is 4.70. The van der Waals surface area contributed by atoms with Gasteiger partial charge < -0.3 is 14.8 Å². The van der Waals surface area contributed by atoms with Crippen molar-refractivity contribution >= 4 is 5.91 Å². The lowest BCUT2D eigenvalue weighted by Crippen LogP contribution is -2.32. The van der Waals surface area contributed by atoms with E-state index in [0.29, 0.717) is 24.3 Å². The first-order valence-corrected chi connectivity index (χ1v) is 9.19. The summed E-state index contributed by atoms with van der Waals surface area (Å²) >= 11 is 0. The van der Waals surface area contributed by atoms with Crippen molar-refractivity contribution in [3.63, 3.8) is 0 Å². The third kappa shape index (κ3) is 3.98. The van der Waals surface area contributed by atoms with Crippen LogP contribution in [0.15, 0.2) is 72.8 Å². The highest BCUT2D eigenvalue weighted by atomic mass is 19.1. The molecule has 1 aliphatic heterocycles. The molecule has 5 heteroatoms. The Labute approximate surface area is 162 Å². The van der Waals surface area contributed by atoms with Crippen LogP contribution in [0.4, 0.5) is 4.39 Å². The molecule has 0 unspecified atom stereocenters. The van der Waals surface area contributed by atoms with Gasteiger partial charge in [-0.3, -0.25) is 4.79 Å². The van der Waals surface area contributed by atoms with Gasteiger partial charge in [-0.05, 0) is 35.9 Å². The molecule has 0 aromatic heterocycles. The Hall–Kier alpha value is -3.34. The Balaban J connectivity index is 1.49. The first-order valence-electron chi connectivity index (χ1n) is 9.19. The van der Waals surface area contributed by atoms with Crippen molar-refractivity contribution in [1.82, 2.24) is 5.32 Å². The smallest absolute Gasteiger partial charge is 0.255 e. The lowest BCUT2D eigenvalue weighted by Gasteiger charge is -2.26. The summed E-state index contributed by atoms with van der Waals surface area (Å²) in [7, 11) is 0. The lowest BCUT2D eigenvalue weighted by atomic mass is 10.00. The highest BCUT2D eigenvalue weighted by Crippen LogP contribution is 2.32. The van der Waals surface area contributed by atoms with Gasteiger partial charge in [0.15, 0.2) is 0 Å². The number of halogens is 1. The Bertz CT molecular complexity index is 972. The van der Waals surface area contributed by atoms with Gasteiger partial charge in [-0.25, -0.2) is 4.39 Å². The molecule has 0 saturated carbocycles. The Morgan fingerprint density at radius 2 is 1.79 bits per heavy atom. The van der Waals surface area contributed by atoms with E-state index in [0.717, 1.165) is 16.9 Å². The van der Waals surface area contributed by atoms with Gasteiger partial charge >= 0.3 is 0 Å². The van der Waals surface area contributed by atoms with Crippen LogP contribution in [0.3, 0.4) is 0 Å². The van der Waals surface area contributed by atoms with Crippen molar-refractivity contribution in [2.45, 2.75) is 19.1 Å². The zero-order valence-corrected chi connectivity index (χ0v) is 15.2. The van der Waals surface area contributed by atoms with Gasteiger partial charge in [0, 0.05) is 12.0 Å². The van der Waals surface area contributed by atoms with Gasteiger partial charge in [-0.1, -0.05) is 42.5 Å². The zero-order chi connectivity index (χ0) is 19.3. The number of carbonyl (C=O) groups is 1. The second-order valence-electron chi connectivity index (χ2n) is 6.61. The number of rotatable bonds is 5. The van der Waals surface area contributed by atoms with E-state index in [1.807, 2.05) is 30.3 Å². The second-order valence-corrected chi connectivity index (χ2v) is 6.61. The molecule has 142 valence electrons. The number of benzene rings is 3. The number of carbonyl (C=O) groups excluding carboxylic acids is 1. The molecule has 0 radical (unpaired) electrons. The number of hydrogen-bond acceptors (Lipinski definition) is 3. The number of fused-ring (bicyclic) bond motifs is 1. The number of hydrogen-bond donors (Lipinski definition) is 1. The number of ether oxygens (including phenoxy) is 2. The highest BCUT2D eigenvalue weighted by molar-refractivity contribution is 5.97. The van der Waals surface area contributed by atoms with Crippen molar-refractivity contribution in [2.24, 2.45) is 0 Å². The Kier molecular flexibility index (Phi) is 5.24. The summed E-state index contributed by atoms with van der Waals surface area (Å²) < 4.78 is 24.5. The van der Waals surface area contributed by atoms with Gasteiger partial charge in [0.05, 0.1) is 18.2 Å². The average Bonchev–Trinajstić information content (AvgIpc) is 2.74. The molecule has 0 saturated heterocycles. The number of amides is 1. The molecule has 1 aliphatic rings. The van der Waals surface area contributed by atoms with Crippen LogP contribution in [0, 0.1) is 5.82 Å². The molecular formula is C23H20FNO3. The Morgan fingerprint density at radius 3 is 2.64 bits per heavy atom. The van der Waals surface area contributed by atoms with Crippen LogP contribution in [0.2, 0.25) is 0 Å². The SMILES string of the molecule is O=C(N[C@@H]1CCOc2ccccc21)c1ccccc1OCc1ccc(F)cc1. The van der Waals surface area contributed by atoms with Crippen LogP contribution >= 0.6 is 0 Å². The molecule has 0 bridgehead atoms. The highest BCUT2D eigenvalue weighted by Gasteiger charge is 2.24. The fraction of sp³-hybridized carbons (Fsp3) is 0.174. The fourth-order valence-electron chi connectivity index (χ4n) is 3.25. The summed E-state index contributed by atoms with van der Waals surface area (Å²) in [5, 5.41) is 3.09. The molecule has 1 amide bonds. The van der Waals surface area contributed by atoms with Gasteiger partial charge in [-0.2, -0.15) is 0 Å². The molecule has 3 aromatic rings. The number of nitrogens with one attached hydrogen (secondary N) is 1. The summed E-state index contributed by atoms with van der Waals surface area (Å²) in [5.74, 6) is 0.807. The first-order chi connectivity index (χ1) is 13.7. The summed E-state index contributed by atoms with van der Waals surface area (Å²) in [6.45, 7) is 0.815. The predicted octanol–water partition coefficient (Wildman–Crippen LogP) is 4.66. The van der Waals surface area contributed by atoms with Crippen molar-refractivity contribution in [3.05, 3.63) is 95.3 Å². The molecule has 1 heterocycles. The lowest BCUT2D eigenvalue weighted by molar-refractivity contribution is 0.0920. The van der Waals surface area contributed by atoms with Gasteiger partial charge in [0.25, 0.3) is 5.91 Å². The fourth-order valence-corrected chi connectivity index (χ4v) is 3.25. The topological polar surface area (TPSA) is 47.6 Å². The minimum absolute atomic E-state index is 0.109. The first kappa shape index (κ1) is 18.0. The average molecular weight is 377 g/mol. The van der Waals surface area contributed by atoms with Crippen LogP contribution in [0.1, 0.15) is 33.9 Å². The maximum Gasteiger partial charge on any atom is 0.255 e. The van der Waals surface area contributed by atoms with E-state index in [-0.39, 0.29) is 24.4 Å². The summed E-state index contributed by atoms with van der Waals surface area (Å²) in [6.07, 6.45) is 0.710. The van der Waals surface area contributed by atoms with E-state index in [2.05, 4.69) is 5.32 Å². The van der Waals surface area contributed by atoms with E-state index in [4.69, 9.17) is 9.47 Å². The van der Waals surface area contributed by atoms with Crippen molar-refractivity contribution in [2.75, 3.05) is 6.61 Å². The normalized spacial score (nSPS) is 15.2. The van der Waals surface area contributed by atoms with Gasteiger partial charge in [-0.15, -0.1) is 0 Å². The van der Waals surface area contributed by atoms with E-state index < -0.39 is 0 Å². The van der Waals surface area contributed by atoms with Crippen LogP contribution in [-0.4, -0.2) is 12.5 Å². The monoisotopic (exact) mass is 377 g/mol. The van der Waals surface area contributed by atoms with Crippen molar-refractivity contribution in [3.8, 4) is 11.5 Å². The molecule has 0 spiro atoms. The van der Waals surface area contributed by atoms with Crippen molar-refractivity contribution in [1.29, 1.82) is 0 Å². The number of para-hydroxylation sites is 2. The van der Waals surface area contributed by atoms with Crippen LogP contribution < -0.4 is 14.8 Å². The van der Waals surface area contributed by atoms with Gasteiger partial charge in [0.1, 0.15) is 23.9 Å². The quantitative estimate of drug-likeness (QED) is 0.704. The summed E-state index contributed by atoms with van der Waals surface area (Å²) in [4.78, 5) is 12.9. The van der Waals surface area contributed by atoms with Gasteiger partial charge in [0.2, 0.25) is 0 Å². The molecule has 1 N–H and O–H groups in total. The minimum Gasteiger partial charge on any atom is -0.493 e. The van der Waals surface area contributed by atoms with Crippen LogP contribution in [0.5, 0.6) is 11.5 Å². The maximum absolute atomic E-state index is 13.0. The molecular weight excluding hydrogens is 357 g/mol. The van der Waals surface area contributed by atoms with Crippen LogP contribution in [0.25, 0.3) is 0 Å². The van der Waals surface area contributed by atoms with Crippen molar-refractivity contribution < 1.29 is 18.7 Å². The largest absolute Gasteiger partial charge is 0.493 e. The molecule has 1 atom stereocenters. The molecule has 28 heavy (non-hydrogen) atoms. The molecule has 0 aliphatic carbocycles. The predicted molar refractivity (Wildman–Crippen MR) is 104 cm³/mol. The second kappa shape index (κ2) is 8.13. The summed E-state index contributed by atoms with van der Waals surface area (Å²) in [6, 6.07) is 20.9. The summed E-state index contributed by atoms with van der Waals surface area (Å²) in [5.41, 5.74) is 2.27. The molecule has 0 fully saturated rings. The molecule has 4 nitrogen and oxygen atoms in total. The van der Waals surface area contributed by atoms with E-state index >= 15 is 0 Å². The minimum atomic E-state index is -0.291. The Morgan fingerprint density at radius 1 is 1.04 bits per heavy atom. The molecule has 3 aromatic carbocycles. The maximum atomic E-state index is 13.0.